The minimum Gasteiger partial charge on any atom is -0.494 e. The lowest BCUT2D eigenvalue weighted by Gasteiger charge is -2.37. The first kappa shape index (κ1) is 21.5. The van der Waals surface area contributed by atoms with Crippen LogP contribution in [0, 0.1) is 11.6 Å². The Kier molecular flexibility index (Phi) is 6.39. The van der Waals surface area contributed by atoms with Crippen molar-refractivity contribution in [3.63, 3.8) is 0 Å². The normalized spacial score (nSPS) is 21.7. The molecule has 2 aromatic rings. The number of ether oxygens (including phenoxy) is 1. The van der Waals surface area contributed by atoms with Gasteiger partial charge in [0.05, 0.1) is 12.2 Å². The van der Waals surface area contributed by atoms with Gasteiger partial charge in [0, 0.05) is 18.2 Å². The first-order valence-corrected chi connectivity index (χ1v) is 11.1. The van der Waals surface area contributed by atoms with E-state index < -0.39 is 26.9 Å². The topological polar surface area (TPSA) is 46.6 Å². The molecule has 4 nitrogen and oxygen atoms in total. The van der Waals surface area contributed by atoms with E-state index in [1.807, 2.05) is 6.07 Å². The van der Waals surface area contributed by atoms with Crippen molar-refractivity contribution in [2.75, 3.05) is 6.61 Å². The zero-order valence-corrected chi connectivity index (χ0v) is 17.4. The van der Waals surface area contributed by atoms with Crippen LogP contribution in [-0.2, 0) is 21.3 Å². The number of hydrogen-bond acceptors (Lipinski definition) is 3. The maximum absolute atomic E-state index is 14.7. The highest BCUT2D eigenvalue weighted by molar-refractivity contribution is 7.89. The molecule has 0 saturated carbocycles. The first-order chi connectivity index (χ1) is 13.8. The molecule has 1 heterocycles. The summed E-state index contributed by atoms with van der Waals surface area (Å²) in [5.74, 6) is -1.34. The molecule has 3 rings (SSSR count). The third-order valence-corrected chi connectivity index (χ3v) is 7.65. The second-order valence-electron chi connectivity index (χ2n) is 7.20. The Morgan fingerprint density at radius 1 is 1.17 bits per heavy atom. The fraction of sp³-hybridized carbons (Fsp3) is 0.364. The molecule has 1 aliphatic rings. The number of rotatable bonds is 6. The summed E-state index contributed by atoms with van der Waals surface area (Å²) < 4.78 is 62.2. The predicted octanol–water partition coefficient (Wildman–Crippen LogP) is 5.03. The first-order valence-electron chi connectivity index (χ1n) is 9.61. The highest BCUT2D eigenvalue weighted by atomic mass is 32.2. The molecule has 1 saturated heterocycles. The summed E-state index contributed by atoms with van der Waals surface area (Å²) in [6.45, 7) is 7.18. The minimum atomic E-state index is -3.73. The van der Waals surface area contributed by atoms with Crippen LogP contribution < -0.4 is 0 Å². The smallest absolute Gasteiger partial charge is 0.221 e. The summed E-state index contributed by atoms with van der Waals surface area (Å²) in [6.07, 6.45) is 1.14. The number of halogens is 2. The van der Waals surface area contributed by atoms with Crippen LogP contribution in [-0.4, -0.2) is 25.4 Å². The fourth-order valence-corrected chi connectivity index (χ4v) is 5.88. The molecule has 0 bridgehead atoms. The Hall–Kier alpha value is -2.25. The van der Waals surface area contributed by atoms with Gasteiger partial charge in [-0.3, -0.25) is 0 Å². The standard InChI is InChI=1S/C22H25F2NO3S/c1-4-28-16(3)19-13-20(23)18(12-21(19)24)14-25-15(2)10-11-22(29(25,26)27)17-8-6-5-7-9-17/h5-9,12-13,15,22H,3-4,10-11,14H2,1-2H3/t15-,22+/m0/s1. The van der Waals surface area contributed by atoms with Crippen LogP contribution in [0.2, 0.25) is 0 Å². The Morgan fingerprint density at radius 2 is 1.86 bits per heavy atom. The monoisotopic (exact) mass is 421 g/mol. The van der Waals surface area contributed by atoms with Crippen LogP contribution in [0.3, 0.4) is 0 Å². The molecule has 0 radical (unpaired) electrons. The fourth-order valence-electron chi connectivity index (χ4n) is 3.69. The predicted molar refractivity (Wildman–Crippen MR) is 109 cm³/mol. The SMILES string of the molecule is C=C(OCC)c1cc(F)c(CN2[C@@H](C)CC[C@H](c3ccccc3)S2(=O)=O)cc1F. The molecule has 0 aromatic heterocycles. The van der Waals surface area contributed by atoms with E-state index >= 15 is 0 Å². The molecule has 0 N–H and O–H groups in total. The van der Waals surface area contributed by atoms with E-state index in [1.165, 1.54) is 4.31 Å². The molecule has 2 aromatic carbocycles. The van der Waals surface area contributed by atoms with Gasteiger partial charge in [0.1, 0.15) is 22.6 Å². The number of hydrogen-bond donors (Lipinski definition) is 0. The Balaban J connectivity index is 1.92. The van der Waals surface area contributed by atoms with Crippen molar-refractivity contribution >= 4 is 15.8 Å². The van der Waals surface area contributed by atoms with E-state index in [0.717, 1.165) is 12.1 Å². The van der Waals surface area contributed by atoms with Gasteiger partial charge < -0.3 is 4.74 Å². The van der Waals surface area contributed by atoms with Crippen molar-refractivity contribution < 1.29 is 21.9 Å². The van der Waals surface area contributed by atoms with Crippen molar-refractivity contribution in [3.05, 3.63) is 77.4 Å². The van der Waals surface area contributed by atoms with E-state index in [-0.39, 0.29) is 36.1 Å². The molecule has 1 fully saturated rings. The van der Waals surface area contributed by atoms with Crippen LogP contribution >= 0.6 is 0 Å². The van der Waals surface area contributed by atoms with E-state index in [2.05, 4.69) is 6.58 Å². The molecule has 0 aliphatic carbocycles. The molecule has 2 atom stereocenters. The molecule has 1 aliphatic heterocycles. The van der Waals surface area contributed by atoms with E-state index in [9.17, 15) is 17.2 Å². The maximum atomic E-state index is 14.7. The van der Waals surface area contributed by atoms with Gasteiger partial charge in [0.2, 0.25) is 10.0 Å². The summed E-state index contributed by atoms with van der Waals surface area (Å²) in [4.78, 5) is 0. The van der Waals surface area contributed by atoms with Gasteiger partial charge in [-0.15, -0.1) is 0 Å². The Bertz CT molecular complexity index is 993. The van der Waals surface area contributed by atoms with Crippen molar-refractivity contribution in [1.29, 1.82) is 0 Å². The summed E-state index contributed by atoms with van der Waals surface area (Å²) >= 11 is 0. The lowest BCUT2D eigenvalue weighted by molar-refractivity contribution is 0.278. The van der Waals surface area contributed by atoms with E-state index in [1.54, 1.807) is 38.1 Å². The van der Waals surface area contributed by atoms with E-state index in [4.69, 9.17) is 4.74 Å². The lowest BCUT2D eigenvalue weighted by Crippen LogP contribution is -2.44. The molecular weight excluding hydrogens is 396 g/mol. The molecule has 0 unspecified atom stereocenters. The molecule has 7 heteroatoms. The largest absolute Gasteiger partial charge is 0.494 e. The molecule has 0 spiro atoms. The highest BCUT2D eigenvalue weighted by Gasteiger charge is 2.40. The average molecular weight is 422 g/mol. The number of nitrogens with zero attached hydrogens (tertiary/aromatic N) is 1. The van der Waals surface area contributed by atoms with E-state index in [0.29, 0.717) is 18.4 Å². The Morgan fingerprint density at radius 3 is 2.52 bits per heavy atom. The van der Waals surface area contributed by atoms with Crippen molar-refractivity contribution in [3.8, 4) is 0 Å². The van der Waals surface area contributed by atoms with Gasteiger partial charge in [0.25, 0.3) is 0 Å². The molecule has 29 heavy (non-hydrogen) atoms. The van der Waals surface area contributed by atoms with Gasteiger partial charge in [-0.05, 0) is 44.4 Å². The zero-order chi connectivity index (χ0) is 21.2. The minimum absolute atomic E-state index is 0.0142. The van der Waals surface area contributed by atoms with Crippen LogP contribution in [0.15, 0.2) is 49.0 Å². The third-order valence-electron chi connectivity index (χ3n) is 5.28. The number of sulfonamides is 1. The van der Waals surface area contributed by atoms with Gasteiger partial charge >= 0.3 is 0 Å². The molecular formula is C22H25F2NO3S. The zero-order valence-electron chi connectivity index (χ0n) is 16.6. The van der Waals surface area contributed by atoms with Gasteiger partial charge in [-0.1, -0.05) is 36.9 Å². The quantitative estimate of drug-likeness (QED) is 0.615. The van der Waals surface area contributed by atoms with Crippen LogP contribution in [0.5, 0.6) is 0 Å². The van der Waals surface area contributed by atoms with Gasteiger partial charge in [-0.25, -0.2) is 17.2 Å². The van der Waals surface area contributed by atoms with Crippen LogP contribution in [0.4, 0.5) is 8.78 Å². The van der Waals surface area contributed by atoms with Crippen LogP contribution in [0.1, 0.15) is 48.6 Å². The van der Waals surface area contributed by atoms with Crippen molar-refractivity contribution in [1.82, 2.24) is 4.31 Å². The highest BCUT2D eigenvalue weighted by Crippen LogP contribution is 2.38. The Labute approximate surface area is 170 Å². The van der Waals surface area contributed by atoms with Crippen molar-refractivity contribution in [2.24, 2.45) is 0 Å². The third kappa shape index (κ3) is 4.36. The summed E-state index contributed by atoms with van der Waals surface area (Å²) in [7, 11) is -3.73. The van der Waals surface area contributed by atoms with Crippen molar-refractivity contribution in [2.45, 2.75) is 44.5 Å². The lowest BCUT2D eigenvalue weighted by atomic mass is 10.0. The molecule has 0 amide bonds. The van der Waals surface area contributed by atoms with Gasteiger partial charge in [-0.2, -0.15) is 4.31 Å². The number of benzene rings is 2. The summed E-state index contributed by atoms with van der Waals surface area (Å²) in [5, 5.41) is -0.690. The maximum Gasteiger partial charge on any atom is 0.221 e. The van der Waals surface area contributed by atoms with Crippen LogP contribution in [0.25, 0.3) is 5.76 Å². The summed E-state index contributed by atoms with van der Waals surface area (Å²) in [6, 6.07) is 10.7. The average Bonchev–Trinajstić information content (AvgIpc) is 2.68. The molecule has 156 valence electrons. The second kappa shape index (κ2) is 8.63. The van der Waals surface area contributed by atoms with Gasteiger partial charge in [0.15, 0.2) is 0 Å². The second-order valence-corrected chi connectivity index (χ2v) is 9.26. The summed E-state index contributed by atoms with van der Waals surface area (Å²) in [5.41, 5.74) is 0.629.